The average Bonchev–Trinajstić information content (AvgIpc) is 2.60. The monoisotopic (exact) mass is 484 g/mol. The Labute approximate surface area is 181 Å². The molecule has 164 valence electrons. The van der Waals surface area contributed by atoms with Crippen LogP contribution in [0.5, 0.6) is 0 Å². The first kappa shape index (κ1) is 24.3. The molecule has 12 heteroatoms. The molecule has 0 aliphatic rings. The second kappa shape index (κ2) is 9.42. The van der Waals surface area contributed by atoms with Gasteiger partial charge in [0, 0.05) is 18.8 Å². The second-order valence-electron chi connectivity index (χ2n) is 6.28. The summed E-state index contributed by atoms with van der Waals surface area (Å²) < 4.78 is 71.0. The lowest BCUT2D eigenvalue weighted by Crippen LogP contribution is -2.35. The Morgan fingerprint density at radius 3 is 2.43 bits per heavy atom. The summed E-state index contributed by atoms with van der Waals surface area (Å²) in [4.78, 5) is 11.9. The highest BCUT2D eigenvalue weighted by Gasteiger charge is 2.31. The van der Waals surface area contributed by atoms with E-state index >= 15 is 0 Å². The maximum atomic E-state index is 12.9. The van der Waals surface area contributed by atoms with Gasteiger partial charge >= 0.3 is 6.18 Å². The van der Waals surface area contributed by atoms with Crippen LogP contribution in [0.2, 0.25) is 10.0 Å². The Hall–Kier alpha value is -2.01. The minimum atomic E-state index is -4.65. The van der Waals surface area contributed by atoms with Crippen LogP contribution in [0.15, 0.2) is 41.3 Å². The van der Waals surface area contributed by atoms with E-state index in [4.69, 9.17) is 27.9 Å². The van der Waals surface area contributed by atoms with Crippen molar-refractivity contribution >= 4 is 44.8 Å². The van der Waals surface area contributed by atoms with Crippen molar-refractivity contribution in [1.82, 2.24) is 5.32 Å². The summed E-state index contributed by atoms with van der Waals surface area (Å²) in [5.74, 6) is -0.670. The molecule has 0 aliphatic carbocycles. The number of amides is 1. The number of alkyl halides is 3. The van der Waals surface area contributed by atoms with E-state index in [0.29, 0.717) is 6.07 Å². The lowest BCUT2D eigenvalue weighted by atomic mass is 10.2. The van der Waals surface area contributed by atoms with Crippen LogP contribution >= 0.6 is 23.2 Å². The molecule has 1 unspecified atom stereocenters. The average molecular weight is 485 g/mol. The molecule has 0 aliphatic heterocycles. The number of benzene rings is 2. The van der Waals surface area contributed by atoms with E-state index in [1.165, 1.54) is 7.11 Å². The summed E-state index contributed by atoms with van der Waals surface area (Å²) in [7, 11) is -2.98. The van der Waals surface area contributed by atoms with Gasteiger partial charge < -0.3 is 10.1 Å². The molecule has 2 N–H and O–H groups in total. The fourth-order valence-corrected chi connectivity index (χ4v) is 4.38. The van der Waals surface area contributed by atoms with Crippen LogP contribution in [0.4, 0.5) is 18.9 Å². The normalized spacial score (nSPS) is 13.0. The summed E-state index contributed by atoms with van der Waals surface area (Å²) in [6.45, 7) is 1.87. The van der Waals surface area contributed by atoms with E-state index in [9.17, 15) is 26.4 Å². The van der Waals surface area contributed by atoms with E-state index in [-0.39, 0.29) is 27.9 Å². The largest absolute Gasteiger partial charge is 0.416 e. The second-order valence-corrected chi connectivity index (χ2v) is 8.74. The summed E-state index contributed by atoms with van der Waals surface area (Å²) in [6, 6.07) is 5.28. The van der Waals surface area contributed by atoms with Crippen molar-refractivity contribution < 1.29 is 31.1 Å². The van der Waals surface area contributed by atoms with E-state index in [2.05, 4.69) is 5.32 Å². The standard InChI is InChI=1S/C18H17Cl2F3N2O4S/c1-10(9-29-2)24-17(26)13-7-16(15(20)8-14(13)19)30(27,28)25-12-5-3-4-11(6-12)18(21,22)23/h3-8,10,25H,9H2,1-2H3,(H,24,26). The van der Waals surface area contributed by atoms with Gasteiger partial charge in [0.1, 0.15) is 4.90 Å². The van der Waals surface area contributed by atoms with Crippen molar-refractivity contribution in [3.05, 3.63) is 57.6 Å². The van der Waals surface area contributed by atoms with Crippen molar-refractivity contribution in [2.45, 2.75) is 24.0 Å². The van der Waals surface area contributed by atoms with Gasteiger partial charge in [-0.15, -0.1) is 0 Å². The molecule has 0 radical (unpaired) electrons. The van der Waals surface area contributed by atoms with Gasteiger partial charge in [-0.05, 0) is 37.3 Å². The molecule has 6 nitrogen and oxygen atoms in total. The fraction of sp³-hybridized carbons (Fsp3) is 0.278. The Morgan fingerprint density at radius 2 is 1.83 bits per heavy atom. The van der Waals surface area contributed by atoms with E-state index in [1.54, 1.807) is 6.92 Å². The van der Waals surface area contributed by atoms with Crippen LogP contribution in [-0.4, -0.2) is 34.1 Å². The van der Waals surface area contributed by atoms with Crippen molar-refractivity contribution in [2.75, 3.05) is 18.4 Å². The lowest BCUT2D eigenvalue weighted by molar-refractivity contribution is -0.137. The number of carbonyl (C=O) groups excluding carboxylic acids is 1. The van der Waals surface area contributed by atoms with Crippen LogP contribution in [0, 0.1) is 0 Å². The molecule has 0 fully saturated rings. The first-order valence-corrected chi connectivity index (χ1v) is 10.6. The Morgan fingerprint density at radius 1 is 1.17 bits per heavy atom. The zero-order valence-electron chi connectivity index (χ0n) is 15.7. The Bertz CT molecular complexity index is 1050. The Kier molecular flexibility index (Phi) is 7.62. The molecular weight excluding hydrogens is 468 g/mol. The molecule has 2 aromatic rings. The van der Waals surface area contributed by atoms with Gasteiger partial charge in [-0.1, -0.05) is 29.3 Å². The molecule has 0 heterocycles. The Balaban J connectivity index is 2.39. The van der Waals surface area contributed by atoms with Crippen molar-refractivity contribution in [3.63, 3.8) is 0 Å². The zero-order valence-corrected chi connectivity index (χ0v) is 18.0. The van der Waals surface area contributed by atoms with Gasteiger partial charge in [0.15, 0.2) is 0 Å². The predicted molar refractivity (Wildman–Crippen MR) is 108 cm³/mol. The summed E-state index contributed by atoms with van der Waals surface area (Å²) in [6.07, 6.45) is -4.65. The minimum Gasteiger partial charge on any atom is -0.383 e. The van der Waals surface area contributed by atoms with Gasteiger partial charge in [-0.2, -0.15) is 13.2 Å². The summed E-state index contributed by atoms with van der Waals surface area (Å²) >= 11 is 12.0. The molecule has 1 atom stereocenters. The fourth-order valence-electron chi connectivity index (χ4n) is 2.47. The molecular formula is C18H17Cl2F3N2O4S. The number of halogens is 5. The van der Waals surface area contributed by atoms with E-state index in [0.717, 1.165) is 30.3 Å². The van der Waals surface area contributed by atoms with Gasteiger partial charge in [0.05, 0.1) is 27.8 Å². The van der Waals surface area contributed by atoms with Gasteiger partial charge in [0.2, 0.25) is 0 Å². The number of rotatable bonds is 7. The summed E-state index contributed by atoms with van der Waals surface area (Å²) in [5, 5.41) is 2.18. The van der Waals surface area contributed by atoms with Gasteiger partial charge in [0.25, 0.3) is 15.9 Å². The minimum absolute atomic E-state index is 0.0971. The van der Waals surface area contributed by atoms with Crippen molar-refractivity contribution in [2.24, 2.45) is 0 Å². The predicted octanol–water partition coefficient (Wildman–Crippen LogP) is 4.58. The van der Waals surface area contributed by atoms with E-state index < -0.39 is 38.6 Å². The number of carbonyl (C=O) groups is 1. The highest BCUT2D eigenvalue weighted by atomic mass is 35.5. The molecule has 2 rings (SSSR count). The highest BCUT2D eigenvalue weighted by molar-refractivity contribution is 7.92. The van der Waals surface area contributed by atoms with Crippen molar-refractivity contribution in [1.29, 1.82) is 0 Å². The zero-order chi connectivity index (χ0) is 22.7. The molecule has 2 aromatic carbocycles. The molecule has 1 amide bonds. The number of anilines is 1. The van der Waals surface area contributed by atoms with Crippen LogP contribution in [0.25, 0.3) is 0 Å². The number of sulfonamides is 1. The third-order valence-electron chi connectivity index (χ3n) is 3.79. The quantitative estimate of drug-likeness (QED) is 0.602. The third-order valence-corrected chi connectivity index (χ3v) is 5.95. The smallest absolute Gasteiger partial charge is 0.383 e. The maximum Gasteiger partial charge on any atom is 0.416 e. The van der Waals surface area contributed by atoms with E-state index in [1.807, 2.05) is 4.72 Å². The van der Waals surface area contributed by atoms with Crippen LogP contribution in [0.1, 0.15) is 22.8 Å². The van der Waals surface area contributed by atoms with Crippen LogP contribution in [-0.2, 0) is 20.9 Å². The summed E-state index contributed by atoms with van der Waals surface area (Å²) in [5.41, 5.74) is -1.53. The van der Waals surface area contributed by atoms with Gasteiger partial charge in [-0.25, -0.2) is 8.42 Å². The maximum absolute atomic E-state index is 12.9. The number of ether oxygens (including phenoxy) is 1. The molecule has 0 saturated carbocycles. The molecule has 0 aromatic heterocycles. The van der Waals surface area contributed by atoms with Crippen LogP contribution in [0.3, 0.4) is 0 Å². The number of hydrogen-bond donors (Lipinski definition) is 2. The van der Waals surface area contributed by atoms with Gasteiger partial charge in [-0.3, -0.25) is 9.52 Å². The molecule has 0 saturated heterocycles. The van der Waals surface area contributed by atoms with Crippen LogP contribution < -0.4 is 10.0 Å². The topological polar surface area (TPSA) is 84.5 Å². The van der Waals surface area contributed by atoms with Crippen molar-refractivity contribution in [3.8, 4) is 0 Å². The lowest BCUT2D eigenvalue weighted by Gasteiger charge is -2.16. The first-order chi connectivity index (χ1) is 13.8. The molecule has 30 heavy (non-hydrogen) atoms. The first-order valence-electron chi connectivity index (χ1n) is 8.34. The SMILES string of the molecule is COCC(C)NC(=O)c1cc(S(=O)(=O)Nc2cccc(C(F)(F)F)c2)c(Cl)cc1Cl. The highest BCUT2D eigenvalue weighted by Crippen LogP contribution is 2.33. The molecule has 0 bridgehead atoms. The number of methoxy groups -OCH3 is 1. The third kappa shape index (κ3) is 6.00. The number of hydrogen-bond acceptors (Lipinski definition) is 4. The molecule has 0 spiro atoms. The number of nitrogens with one attached hydrogen (secondary N) is 2.